The molecule has 0 spiro atoms. The van der Waals surface area contributed by atoms with Crippen LogP contribution in [0.2, 0.25) is 5.02 Å². The van der Waals surface area contributed by atoms with E-state index in [-0.39, 0.29) is 17.9 Å². The summed E-state index contributed by atoms with van der Waals surface area (Å²) < 4.78 is 0. The maximum absolute atomic E-state index is 12.4. The molecule has 1 N–H and O–H groups in total. The quantitative estimate of drug-likeness (QED) is 0.932. The molecule has 2 amide bonds. The number of carbonyl (C=O) groups excluding carboxylic acids is 2. The number of hydrogen-bond donors (Lipinski definition) is 1. The molecule has 0 aliphatic carbocycles. The second-order valence-electron chi connectivity index (χ2n) is 5.76. The first-order chi connectivity index (χ1) is 11.6. The minimum atomic E-state index is -0.169. The van der Waals surface area contributed by atoms with Crippen molar-refractivity contribution in [3.8, 4) is 0 Å². The van der Waals surface area contributed by atoms with Crippen molar-refractivity contribution in [1.29, 1.82) is 0 Å². The van der Waals surface area contributed by atoms with Crippen LogP contribution >= 0.6 is 11.6 Å². The van der Waals surface area contributed by atoms with Crippen LogP contribution in [-0.2, 0) is 0 Å². The fourth-order valence-electron chi connectivity index (χ4n) is 2.81. The Balaban J connectivity index is 1.55. The number of rotatable bonds is 3. The van der Waals surface area contributed by atoms with Crippen LogP contribution in [-0.4, -0.2) is 40.8 Å². The average Bonchev–Trinajstić information content (AvgIpc) is 2.63. The summed E-state index contributed by atoms with van der Waals surface area (Å²) in [5, 5.41) is 3.45. The lowest BCUT2D eigenvalue weighted by Crippen LogP contribution is -2.46. The summed E-state index contributed by atoms with van der Waals surface area (Å²) in [5.41, 5.74) is 1.07. The van der Waals surface area contributed by atoms with Crippen molar-refractivity contribution in [2.75, 3.05) is 13.1 Å². The van der Waals surface area contributed by atoms with Crippen LogP contribution in [0.3, 0.4) is 0 Å². The molecule has 124 valence electrons. The second-order valence-corrected chi connectivity index (χ2v) is 6.17. The normalized spacial score (nSPS) is 15.1. The van der Waals surface area contributed by atoms with E-state index in [4.69, 9.17) is 11.6 Å². The molecule has 0 radical (unpaired) electrons. The first-order valence-electron chi connectivity index (χ1n) is 7.90. The van der Waals surface area contributed by atoms with E-state index < -0.39 is 0 Å². The van der Waals surface area contributed by atoms with Crippen molar-refractivity contribution >= 4 is 23.4 Å². The summed E-state index contributed by atoms with van der Waals surface area (Å²) in [6.07, 6.45) is 4.67. The minimum Gasteiger partial charge on any atom is -0.349 e. The van der Waals surface area contributed by atoms with E-state index in [1.807, 2.05) is 0 Å². The molecule has 2 aromatic rings. The number of amides is 2. The van der Waals surface area contributed by atoms with Gasteiger partial charge in [-0.05, 0) is 37.1 Å². The third-order valence-electron chi connectivity index (χ3n) is 4.14. The molecule has 0 unspecified atom stereocenters. The van der Waals surface area contributed by atoms with Gasteiger partial charge in [-0.15, -0.1) is 0 Å². The van der Waals surface area contributed by atoms with Crippen LogP contribution in [0.4, 0.5) is 0 Å². The van der Waals surface area contributed by atoms with Gasteiger partial charge in [-0.2, -0.15) is 0 Å². The van der Waals surface area contributed by atoms with Gasteiger partial charge >= 0.3 is 0 Å². The molecule has 0 atom stereocenters. The van der Waals surface area contributed by atoms with E-state index in [2.05, 4.69) is 10.3 Å². The van der Waals surface area contributed by atoms with Gasteiger partial charge in [-0.25, -0.2) is 0 Å². The van der Waals surface area contributed by atoms with Gasteiger partial charge in [0.05, 0.1) is 16.1 Å². The molecule has 1 saturated heterocycles. The molecule has 1 fully saturated rings. The SMILES string of the molecule is O=C(NC1CCN(C(=O)c2cccnc2)CC1)c1ccccc1Cl. The summed E-state index contributed by atoms with van der Waals surface area (Å²) in [6, 6.07) is 10.6. The van der Waals surface area contributed by atoms with Crippen molar-refractivity contribution in [3.05, 3.63) is 64.9 Å². The molecule has 5 nitrogen and oxygen atoms in total. The molecule has 6 heteroatoms. The fourth-order valence-corrected chi connectivity index (χ4v) is 3.03. The van der Waals surface area contributed by atoms with Crippen LogP contribution in [0.1, 0.15) is 33.6 Å². The highest BCUT2D eigenvalue weighted by Gasteiger charge is 2.25. The molecule has 0 saturated carbocycles. The molecule has 1 aliphatic heterocycles. The largest absolute Gasteiger partial charge is 0.349 e. The molecule has 24 heavy (non-hydrogen) atoms. The second kappa shape index (κ2) is 7.45. The van der Waals surface area contributed by atoms with Crippen LogP contribution < -0.4 is 5.32 Å². The van der Waals surface area contributed by atoms with Crippen LogP contribution in [0.25, 0.3) is 0 Å². The van der Waals surface area contributed by atoms with Crippen LogP contribution in [0.5, 0.6) is 0 Å². The number of nitrogens with one attached hydrogen (secondary N) is 1. The predicted molar refractivity (Wildman–Crippen MR) is 92.1 cm³/mol. The van der Waals surface area contributed by atoms with Gasteiger partial charge in [0.25, 0.3) is 11.8 Å². The summed E-state index contributed by atoms with van der Waals surface area (Å²) >= 11 is 6.05. The van der Waals surface area contributed by atoms with Crippen molar-refractivity contribution in [2.45, 2.75) is 18.9 Å². The predicted octanol–water partition coefficient (Wildman–Crippen LogP) is 2.77. The third kappa shape index (κ3) is 3.74. The zero-order valence-electron chi connectivity index (χ0n) is 13.1. The third-order valence-corrected chi connectivity index (χ3v) is 4.47. The van der Waals surface area contributed by atoms with Gasteiger partial charge in [0.1, 0.15) is 0 Å². The Morgan fingerprint density at radius 2 is 1.88 bits per heavy atom. The number of halogens is 1. The fraction of sp³-hybridized carbons (Fsp3) is 0.278. The first kappa shape index (κ1) is 16.5. The Hall–Kier alpha value is -2.40. The van der Waals surface area contributed by atoms with E-state index in [0.717, 1.165) is 12.8 Å². The Morgan fingerprint density at radius 1 is 1.12 bits per heavy atom. The summed E-state index contributed by atoms with van der Waals surface area (Å²) in [4.78, 5) is 30.4. The smallest absolute Gasteiger partial charge is 0.255 e. The first-order valence-corrected chi connectivity index (χ1v) is 8.27. The highest BCUT2D eigenvalue weighted by atomic mass is 35.5. The number of benzene rings is 1. The Morgan fingerprint density at radius 3 is 2.54 bits per heavy atom. The monoisotopic (exact) mass is 343 g/mol. The standard InChI is InChI=1S/C18H18ClN3O2/c19-16-6-2-1-5-15(16)17(23)21-14-7-10-22(11-8-14)18(24)13-4-3-9-20-12-13/h1-6,9,12,14H,7-8,10-11H2,(H,21,23). The lowest BCUT2D eigenvalue weighted by Gasteiger charge is -2.32. The van der Waals surface area contributed by atoms with E-state index >= 15 is 0 Å². The van der Waals surface area contributed by atoms with Gasteiger partial charge < -0.3 is 10.2 Å². The zero-order valence-corrected chi connectivity index (χ0v) is 13.9. The molecular formula is C18H18ClN3O2. The molecular weight excluding hydrogens is 326 g/mol. The number of piperidine rings is 1. The molecule has 1 aromatic carbocycles. The maximum atomic E-state index is 12.4. The van der Waals surface area contributed by atoms with E-state index in [1.165, 1.54) is 0 Å². The van der Waals surface area contributed by atoms with E-state index in [1.54, 1.807) is 53.7 Å². The van der Waals surface area contributed by atoms with Gasteiger partial charge in [0.2, 0.25) is 0 Å². The molecule has 0 bridgehead atoms. The molecule has 1 aromatic heterocycles. The van der Waals surface area contributed by atoms with Crippen LogP contribution in [0, 0.1) is 0 Å². The minimum absolute atomic E-state index is 0.0148. The molecule has 2 heterocycles. The number of likely N-dealkylation sites (tertiary alicyclic amines) is 1. The number of aromatic nitrogens is 1. The van der Waals surface area contributed by atoms with Crippen molar-refractivity contribution in [1.82, 2.24) is 15.2 Å². The van der Waals surface area contributed by atoms with E-state index in [9.17, 15) is 9.59 Å². The number of nitrogens with zero attached hydrogens (tertiary/aromatic N) is 2. The molecule has 3 rings (SSSR count). The van der Waals surface area contributed by atoms with Gasteiger partial charge in [0, 0.05) is 31.5 Å². The zero-order chi connectivity index (χ0) is 16.9. The van der Waals surface area contributed by atoms with E-state index in [0.29, 0.717) is 29.2 Å². The molecule has 1 aliphatic rings. The van der Waals surface area contributed by atoms with Crippen molar-refractivity contribution in [3.63, 3.8) is 0 Å². The topological polar surface area (TPSA) is 62.3 Å². The van der Waals surface area contributed by atoms with Gasteiger partial charge in [0.15, 0.2) is 0 Å². The Kier molecular flexibility index (Phi) is 5.11. The van der Waals surface area contributed by atoms with Crippen molar-refractivity contribution in [2.24, 2.45) is 0 Å². The maximum Gasteiger partial charge on any atom is 0.255 e. The van der Waals surface area contributed by atoms with Gasteiger partial charge in [-0.3, -0.25) is 14.6 Å². The van der Waals surface area contributed by atoms with Crippen molar-refractivity contribution < 1.29 is 9.59 Å². The Labute approximate surface area is 145 Å². The summed E-state index contributed by atoms with van der Waals surface area (Å²) in [5.74, 6) is -0.184. The highest BCUT2D eigenvalue weighted by Crippen LogP contribution is 2.17. The van der Waals surface area contributed by atoms with Gasteiger partial charge in [-0.1, -0.05) is 23.7 Å². The highest BCUT2D eigenvalue weighted by molar-refractivity contribution is 6.33. The van der Waals surface area contributed by atoms with Crippen LogP contribution in [0.15, 0.2) is 48.8 Å². The summed E-state index contributed by atoms with van der Waals surface area (Å²) in [7, 11) is 0. The lowest BCUT2D eigenvalue weighted by atomic mass is 10.0. The number of carbonyl (C=O) groups is 2. The Bertz CT molecular complexity index is 728. The number of pyridine rings is 1. The summed E-state index contributed by atoms with van der Waals surface area (Å²) in [6.45, 7) is 1.22. The average molecular weight is 344 g/mol. The lowest BCUT2D eigenvalue weighted by molar-refractivity contribution is 0.0697. The number of hydrogen-bond acceptors (Lipinski definition) is 3.